The van der Waals surface area contributed by atoms with Crippen molar-refractivity contribution in [3.05, 3.63) is 81.3 Å². The highest BCUT2D eigenvalue weighted by molar-refractivity contribution is 6.34. The number of carbonyl (C=O) groups excluding carboxylic acids is 2. The molecule has 0 spiro atoms. The standard InChI is InChI=1S/C26H22Cl2F3N3O4/c1-34(24(36)37)10-4-9-32-23(35)21-8-7-20(18-5-2-3-6-19(18)21)22-14-25(38-33-22,26(29,30)31)15-11-16(27)13-17(28)12-15/h2-3,5-8,11-13H,4,9-10,14H2,1H3,(H,32,35)(H,36,37)/p-1. The molecule has 4 rings (SSSR count). The minimum Gasteiger partial charge on any atom is -0.530 e. The number of halogens is 5. The molecule has 3 aromatic carbocycles. The van der Waals surface area contributed by atoms with E-state index in [1.165, 1.54) is 25.2 Å². The number of hydrogen-bond acceptors (Lipinski definition) is 5. The number of oxime groups is 1. The summed E-state index contributed by atoms with van der Waals surface area (Å²) in [6.07, 6.45) is -6.42. The Morgan fingerprint density at radius 3 is 2.39 bits per heavy atom. The van der Waals surface area contributed by atoms with Crippen LogP contribution in [0.1, 0.15) is 34.3 Å². The molecule has 0 saturated carbocycles. The van der Waals surface area contributed by atoms with Gasteiger partial charge in [0.2, 0.25) is 0 Å². The maximum absolute atomic E-state index is 14.4. The van der Waals surface area contributed by atoms with Crippen molar-refractivity contribution in [3.8, 4) is 0 Å². The molecule has 0 fully saturated rings. The summed E-state index contributed by atoms with van der Waals surface area (Å²) in [5, 5.41) is 18.4. The van der Waals surface area contributed by atoms with Gasteiger partial charge in [-0.15, -0.1) is 0 Å². The third kappa shape index (κ3) is 5.37. The Morgan fingerprint density at radius 2 is 1.76 bits per heavy atom. The normalized spacial score (nSPS) is 17.2. The monoisotopic (exact) mass is 566 g/mol. The van der Waals surface area contributed by atoms with Gasteiger partial charge < -0.3 is 25.0 Å². The zero-order chi connectivity index (χ0) is 27.7. The van der Waals surface area contributed by atoms with Crippen LogP contribution in [0.15, 0.2) is 59.8 Å². The molecule has 38 heavy (non-hydrogen) atoms. The fourth-order valence-electron chi connectivity index (χ4n) is 4.29. The van der Waals surface area contributed by atoms with E-state index in [0.29, 0.717) is 28.3 Å². The van der Waals surface area contributed by atoms with E-state index in [1.54, 1.807) is 24.3 Å². The van der Waals surface area contributed by atoms with E-state index in [0.717, 1.165) is 17.0 Å². The fourth-order valence-corrected chi connectivity index (χ4v) is 4.81. The van der Waals surface area contributed by atoms with Crippen LogP contribution < -0.4 is 10.4 Å². The van der Waals surface area contributed by atoms with Crippen LogP contribution in [-0.2, 0) is 10.4 Å². The molecule has 12 heteroatoms. The van der Waals surface area contributed by atoms with Gasteiger partial charge in [-0.1, -0.05) is 58.7 Å². The summed E-state index contributed by atoms with van der Waals surface area (Å²) in [7, 11) is 1.37. The van der Waals surface area contributed by atoms with Crippen LogP contribution >= 0.6 is 23.2 Å². The Morgan fingerprint density at radius 1 is 1.11 bits per heavy atom. The number of nitrogens with one attached hydrogen (secondary N) is 1. The zero-order valence-electron chi connectivity index (χ0n) is 19.9. The molecule has 3 aromatic rings. The molecular weight excluding hydrogens is 546 g/mol. The Kier molecular flexibility index (Phi) is 7.75. The number of hydrogen-bond donors (Lipinski definition) is 1. The molecule has 200 valence electrons. The van der Waals surface area contributed by atoms with Crippen molar-refractivity contribution < 1.29 is 32.7 Å². The van der Waals surface area contributed by atoms with E-state index in [1.807, 2.05) is 0 Å². The van der Waals surface area contributed by atoms with Crippen molar-refractivity contribution >= 4 is 51.7 Å². The van der Waals surface area contributed by atoms with Crippen molar-refractivity contribution in [3.63, 3.8) is 0 Å². The predicted molar refractivity (Wildman–Crippen MR) is 135 cm³/mol. The number of carboxylic acid groups (broad SMARTS) is 1. The molecule has 1 atom stereocenters. The summed E-state index contributed by atoms with van der Waals surface area (Å²) < 4.78 is 43.2. The highest BCUT2D eigenvalue weighted by Gasteiger charge is 2.62. The molecule has 1 heterocycles. The van der Waals surface area contributed by atoms with Crippen molar-refractivity contribution in [2.75, 3.05) is 20.1 Å². The molecule has 0 aliphatic carbocycles. The first kappa shape index (κ1) is 27.5. The lowest BCUT2D eigenvalue weighted by Crippen LogP contribution is -2.42. The van der Waals surface area contributed by atoms with E-state index < -0.39 is 30.2 Å². The highest BCUT2D eigenvalue weighted by atomic mass is 35.5. The number of rotatable bonds is 7. The van der Waals surface area contributed by atoms with Gasteiger partial charge in [0, 0.05) is 53.3 Å². The van der Waals surface area contributed by atoms with E-state index in [2.05, 4.69) is 10.5 Å². The van der Waals surface area contributed by atoms with Crippen molar-refractivity contribution in [2.24, 2.45) is 5.16 Å². The Bertz CT molecular complexity index is 1410. The summed E-state index contributed by atoms with van der Waals surface area (Å²) in [5.41, 5.74) is -2.32. The third-order valence-corrected chi connectivity index (χ3v) is 6.70. The first-order valence-corrected chi connectivity index (χ1v) is 12.2. The van der Waals surface area contributed by atoms with Crippen molar-refractivity contribution in [1.82, 2.24) is 10.2 Å². The maximum atomic E-state index is 14.4. The largest absolute Gasteiger partial charge is 0.530 e. The van der Waals surface area contributed by atoms with Gasteiger partial charge >= 0.3 is 6.18 Å². The summed E-state index contributed by atoms with van der Waals surface area (Å²) in [5.74, 6) is -0.410. The zero-order valence-corrected chi connectivity index (χ0v) is 21.5. The van der Waals surface area contributed by atoms with Crippen LogP contribution in [0.3, 0.4) is 0 Å². The Balaban J connectivity index is 1.62. The molecule has 0 aromatic heterocycles. The molecule has 1 unspecified atom stereocenters. The molecule has 0 saturated heterocycles. The average molecular weight is 567 g/mol. The summed E-state index contributed by atoms with van der Waals surface area (Å²) in [4.78, 5) is 29.8. The van der Waals surface area contributed by atoms with Crippen molar-refractivity contribution in [2.45, 2.75) is 24.6 Å². The lowest BCUT2D eigenvalue weighted by Gasteiger charge is -2.29. The van der Waals surface area contributed by atoms with Gasteiger partial charge in [-0.2, -0.15) is 13.2 Å². The molecule has 7 nitrogen and oxygen atoms in total. The van der Waals surface area contributed by atoms with Gasteiger partial charge in [0.05, 0.1) is 5.71 Å². The number of amides is 2. The Labute approximate surface area is 225 Å². The molecular formula is C26H21Cl2F3N3O4-. The van der Waals surface area contributed by atoms with Crippen LogP contribution in [0.25, 0.3) is 10.8 Å². The molecule has 0 bridgehead atoms. The molecule has 1 N–H and O–H groups in total. The summed E-state index contributed by atoms with van der Waals surface area (Å²) >= 11 is 12.0. The number of benzene rings is 3. The maximum Gasteiger partial charge on any atom is 0.435 e. The Hall–Kier alpha value is -3.50. The number of carbonyl (C=O) groups is 2. The van der Waals surface area contributed by atoms with Crippen LogP contribution in [0, 0.1) is 0 Å². The smallest absolute Gasteiger partial charge is 0.435 e. The minimum atomic E-state index is -4.84. The first-order valence-electron chi connectivity index (χ1n) is 11.4. The number of nitrogens with zero attached hydrogens (tertiary/aromatic N) is 2. The lowest BCUT2D eigenvalue weighted by molar-refractivity contribution is -0.275. The van der Waals surface area contributed by atoms with Gasteiger partial charge in [0.25, 0.3) is 11.5 Å². The quantitative estimate of drug-likeness (QED) is 0.401. The van der Waals surface area contributed by atoms with E-state index in [4.69, 9.17) is 28.0 Å². The second-order valence-electron chi connectivity index (χ2n) is 8.79. The first-order chi connectivity index (χ1) is 17.9. The van der Waals surface area contributed by atoms with E-state index >= 15 is 0 Å². The van der Waals surface area contributed by atoms with E-state index in [-0.39, 0.29) is 34.4 Å². The third-order valence-electron chi connectivity index (χ3n) is 6.26. The second kappa shape index (κ2) is 10.7. The SMILES string of the molecule is CN(CCCNC(=O)c1ccc(C2=NOC(c3cc(Cl)cc(Cl)c3)(C(F)(F)F)C2)c2ccccc12)C(=O)[O-]. The topological polar surface area (TPSA) is 94.1 Å². The summed E-state index contributed by atoms with van der Waals surface area (Å²) in [6, 6.07) is 13.4. The molecule has 2 amide bonds. The molecule has 1 aliphatic rings. The van der Waals surface area contributed by atoms with Crippen LogP contribution in [0.2, 0.25) is 10.0 Å². The minimum absolute atomic E-state index is 0.0280. The predicted octanol–water partition coefficient (Wildman–Crippen LogP) is 5.12. The van der Waals surface area contributed by atoms with Crippen LogP contribution in [-0.4, -0.2) is 48.9 Å². The molecule has 0 radical (unpaired) electrons. The average Bonchev–Trinajstić information content (AvgIpc) is 3.32. The van der Waals surface area contributed by atoms with Gasteiger partial charge in [-0.05, 0) is 41.5 Å². The van der Waals surface area contributed by atoms with Gasteiger partial charge in [0.15, 0.2) is 0 Å². The van der Waals surface area contributed by atoms with Gasteiger partial charge in [-0.25, -0.2) is 0 Å². The lowest BCUT2D eigenvalue weighted by atomic mass is 9.85. The van der Waals surface area contributed by atoms with Crippen molar-refractivity contribution in [1.29, 1.82) is 0 Å². The van der Waals surface area contributed by atoms with Gasteiger partial charge in [-0.3, -0.25) is 4.79 Å². The number of alkyl halides is 3. The highest BCUT2D eigenvalue weighted by Crippen LogP contribution is 2.50. The summed E-state index contributed by atoms with van der Waals surface area (Å²) in [6.45, 7) is 0.393. The fraction of sp³-hybridized carbons (Fsp3) is 0.269. The molecule has 1 aliphatic heterocycles. The van der Waals surface area contributed by atoms with Gasteiger partial charge in [0.1, 0.15) is 6.09 Å². The van der Waals surface area contributed by atoms with E-state index in [9.17, 15) is 27.9 Å². The van der Waals surface area contributed by atoms with Crippen LogP contribution in [0.5, 0.6) is 0 Å². The van der Waals surface area contributed by atoms with Crippen LogP contribution in [0.4, 0.5) is 18.0 Å². The second-order valence-corrected chi connectivity index (χ2v) is 9.66. The number of fused-ring (bicyclic) bond motifs is 1.